The quantitative estimate of drug-likeness (QED) is 0.719. The van der Waals surface area contributed by atoms with Crippen LogP contribution < -0.4 is 11.4 Å². The van der Waals surface area contributed by atoms with Gasteiger partial charge in [-0.05, 0) is 20.3 Å². The number of nitrogens with two attached hydrogens (primary N) is 1. The summed E-state index contributed by atoms with van der Waals surface area (Å²) in [4.78, 5) is 11.6. The lowest BCUT2D eigenvalue weighted by atomic mass is 10.0. The Labute approximate surface area is 77.2 Å². The summed E-state index contributed by atoms with van der Waals surface area (Å²) in [5.41, 5.74) is 5.20. The summed E-state index contributed by atoms with van der Waals surface area (Å²) in [6.45, 7) is 5.94. The summed E-state index contributed by atoms with van der Waals surface area (Å²) < 4.78 is 2.78. The van der Waals surface area contributed by atoms with Crippen LogP contribution in [0.3, 0.4) is 0 Å². The Hall–Kier alpha value is -1.26. The van der Waals surface area contributed by atoms with Gasteiger partial charge in [0.25, 0.3) is 0 Å². The Morgan fingerprint density at radius 2 is 2.08 bits per heavy atom. The van der Waals surface area contributed by atoms with Gasteiger partial charge in [-0.2, -0.15) is 0 Å². The van der Waals surface area contributed by atoms with Crippen LogP contribution in [0.1, 0.15) is 27.2 Å². The van der Waals surface area contributed by atoms with Gasteiger partial charge in [-0.25, -0.2) is 9.48 Å². The highest BCUT2D eigenvalue weighted by atomic mass is 16.2. The number of nitrogens with zero attached hydrogens (tertiary/aromatic N) is 3. The van der Waals surface area contributed by atoms with Gasteiger partial charge < -0.3 is 5.73 Å². The number of hydrogen-bond acceptors (Lipinski definition) is 3. The van der Waals surface area contributed by atoms with Crippen molar-refractivity contribution in [2.24, 2.45) is 7.05 Å². The van der Waals surface area contributed by atoms with E-state index in [-0.39, 0.29) is 17.2 Å². The molecule has 0 aromatic carbocycles. The number of hydrogen-bond donors (Lipinski definition) is 1. The molecule has 1 rings (SSSR count). The average molecular weight is 184 g/mol. The molecule has 5 heteroatoms. The molecule has 0 atom stereocenters. The summed E-state index contributed by atoms with van der Waals surface area (Å²) in [6.07, 6.45) is 0.836. The average Bonchev–Trinajstić information content (AvgIpc) is 2.27. The number of aromatic nitrogens is 3. The van der Waals surface area contributed by atoms with Crippen LogP contribution in [0.25, 0.3) is 0 Å². The van der Waals surface area contributed by atoms with Crippen molar-refractivity contribution in [2.75, 3.05) is 5.73 Å². The highest BCUT2D eigenvalue weighted by Crippen LogP contribution is 2.18. The second kappa shape index (κ2) is 2.90. The summed E-state index contributed by atoms with van der Waals surface area (Å²) >= 11 is 0. The molecule has 1 aromatic heterocycles. The molecule has 0 fully saturated rings. The minimum absolute atomic E-state index is 0.163. The Kier molecular flexibility index (Phi) is 2.19. The van der Waals surface area contributed by atoms with Gasteiger partial charge in [0.1, 0.15) is 0 Å². The molecule has 5 nitrogen and oxygen atoms in total. The maximum Gasteiger partial charge on any atom is 0.347 e. The third kappa shape index (κ3) is 1.46. The molecule has 74 valence electrons. The highest BCUT2D eigenvalue weighted by Gasteiger charge is 2.24. The molecule has 1 aromatic rings. The van der Waals surface area contributed by atoms with Crippen molar-refractivity contribution in [1.29, 1.82) is 0 Å². The largest absolute Gasteiger partial charge is 0.368 e. The zero-order chi connectivity index (χ0) is 10.2. The molecule has 0 aliphatic rings. The molecule has 1 heterocycles. The predicted molar refractivity (Wildman–Crippen MR) is 51.5 cm³/mol. The summed E-state index contributed by atoms with van der Waals surface area (Å²) in [5.74, 6) is 0.277. The van der Waals surface area contributed by atoms with Crippen LogP contribution in [0, 0.1) is 0 Å². The normalized spacial score (nSPS) is 12.0. The highest BCUT2D eigenvalue weighted by molar-refractivity contribution is 5.16. The van der Waals surface area contributed by atoms with Crippen molar-refractivity contribution in [3.63, 3.8) is 0 Å². The standard InChI is InChI=1S/C8H16N4O/c1-5-8(2,3)12-6(9)10-11(4)7(12)13/h5H2,1-4H3,(H2,9,10). The van der Waals surface area contributed by atoms with Gasteiger partial charge in [-0.3, -0.25) is 4.57 Å². The fraction of sp³-hybridized carbons (Fsp3) is 0.750. The van der Waals surface area contributed by atoms with E-state index in [1.807, 2.05) is 20.8 Å². The van der Waals surface area contributed by atoms with Crippen LogP contribution in [0.4, 0.5) is 5.95 Å². The van der Waals surface area contributed by atoms with E-state index in [1.54, 1.807) is 7.05 Å². The van der Waals surface area contributed by atoms with Crippen LogP contribution in [0.15, 0.2) is 4.79 Å². The molecule has 0 aliphatic carbocycles. The van der Waals surface area contributed by atoms with Crippen LogP contribution in [-0.4, -0.2) is 14.3 Å². The maximum atomic E-state index is 11.6. The van der Waals surface area contributed by atoms with Gasteiger partial charge in [0.15, 0.2) is 0 Å². The molecule has 0 saturated carbocycles. The third-order valence-electron chi connectivity index (χ3n) is 2.42. The zero-order valence-corrected chi connectivity index (χ0v) is 8.53. The van der Waals surface area contributed by atoms with Crippen LogP contribution >= 0.6 is 0 Å². The zero-order valence-electron chi connectivity index (χ0n) is 8.53. The predicted octanol–water partition coefficient (Wildman–Crippen LogP) is 0.309. The molecule has 0 spiro atoms. The van der Waals surface area contributed by atoms with Crippen molar-refractivity contribution >= 4 is 5.95 Å². The van der Waals surface area contributed by atoms with E-state index in [4.69, 9.17) is 5.73 Å². The molecular weight excluding hydrogens is 168 g/mol. The fourth-order valence-electron chi connectivity index (χ4n) is 1.21. The fourth-order valence-corrected chi connectivity index (χ4v) is 1.21. The minimum Gasteiger partial charge on any atom is -0.368 e. The van der Waals surface area contributed by atoms with Gasteiger partial charge in [0.2, 0.25) is 5.95 Å². The maximum absolute atomic E-state index is 11.6. The SMILES string of the molecule is CCC(C)(C)n1c(N)nn(C)c1=O. The molecule has 2 N–H and O–H groups in total. The smallest absolute Gasteiger partial charge is 0.347 e. The molecule has 0 amide bonds. The van der Waals surface area contributed by atoms with E-state index in [0.29, 0.717) is 0 Å². The molecule has 0 aliphatic heterocycles. The molecule has 13 heavy (non-hydrogen) atoms. The Morgan fingerprint density at radius 1 is 1.54 bits per heavy atom. The molecule has 0 radical (unpaired) electrons. The molecule has 0 unspecified atom stereocenters. The first-order valence-electron chi connectivity index (χ1n) is 4.32. The lowest BCUT2D eigenvalue weighted by molar-refractivity contribution is 0.334. The number of aryl methyl sites for hydroxylation is 1. The first-order chi connectivity index (χ1) is 5.90. The van der Waals surface area contributed by atoms with E-state index in [1.165, 1.54) is 9.25 Å². The van der Waals surface area contributed by atoms with E-state index in [9.17, 15) is 4.79 Å². The van der Waals surface area contributed by atoms with Gasteiger partial charge in [0, 0.05) is 12.6 Å². The summed E-state index contributed by atoms with van der Waals surface area (Å²) in [7, 11) is 1.60. The summed E-state index contributed by atoms with van der Waals surface area (Å²) in [6, 6.07) is 0. The topological polar surface area (TPSA) is 65.8 Å². The van der Waals surface area contributed by atoms with Crippen LogP contribution in [-0.2, 0) is 12.6 Å². The van der Waals surface area contributed by atoms with Gasteiger partial charge in [-0.15, -0.1) is 5.10 Å². The minimum atomic E-state index is -0.268. The van der Waals surface area contributed by atoms with E-state index in [0.717, 1.165) is 6.42 Å². The van der Waals surface area contributed by atoms with Crippen molar-refractivity contribution in [2.45, 2.75) is 32.7 Å². The van der Waals surface area contributed by atoms with Crippen molar-refractivity contribution in [3.8, 4) is 0 Å². The second-order valence-electron chi connectivity index (χ2n) is 3.77. The lowest BCUT2D eigenvalue weighted by Gasteiger charge is -2.23. The number of anilines is 1. The first kappa shape index (κ1) is 9.83. The van der Waals surface area contributed by atoms with E-state index < -0.39 is 0 Å². The van der Waals surface area contributed by atoms with Crippen LogP contribution in [0.5, 0.6) is 0 Å². The second-order valence-corrected chi connectivity index (χ2v) is 3.77. The van der Waals surface area contributed by atoms with Crippen molar-refractivity contribution < 1.29 is 0 Å². The van der Waals surface area contributed by atoms with E-state index >= 15 is 0 Å². The number of nitrogen functional groups attached to an aromatic ring is 1. The number of rotatable bonds is 2. The van der Waals surface area contributed by atoms with Gasteiger partial charge >= 0.3 is 5.69 Å². The lowest BCUT2D eigenvalue weighted by Crippen LogP contribution is -2.36. The third-order valence-corrected chi connectivity index (χ3v) is 2.42. The molecule has 0 saturated heterocycles. The first-order valence-corrected chi connectivity index (χ1v) is 4.32. The molecular formula is C8H16N4O. The monoisotopic (exact) mass is 184 g/mol. The Balaban J connectivity index is 3.37. The van der Waals surface area contributed by atoms with Gasteiger partial charge in [0.05, 0.1) is 0 Å². The van der Waals surface area contributed by atoms with Crippen molar-refractivity contribution in [3.05, 3.63) is 10.5 Å². The van der Waals surface area contributed by atoms with Gasteiger partial charge in [-0.1, -0.05) is 6.92 Å². The van der Waals surface area contributed by atoms with Crippen LogP contribution in [0.2, 0.25) is 0 Å². The summed E-state index contributed by atoms with van der Waals surface area (Å²) in [5, 5.41) is 3.87. The van der Waals surface area contributed by atoms with Crippen molar-refractivity contribution in [1.82, 2.24) is 14.3 Å². The Bertz CT molecular complexity index is 361. The van der Waals surface area contributed by atoms with E-state index in [2.05, 4.69) is 5.10 Å². The molecule has 0 bridgehead atoms. The Morgan fingerprint density at radius 3 is 2.38 bits per heavy atom.